The zero-order valence-electron chi connectivity index (χ0n) is 20.5. The third kappa shape index (κ3) is 3.92. The third-order valence-electron chi connectivity index (χ3n) is 7.30. The van der Waals surface area contributed by atoms with Crippen LogP contribution in [0.3, 0.4) is 0 Å². The topological polar surface area (TPSA) is 75.4 Å². The Morgan fingerprint density at radius 3 is 2.49 bits per heavy atom. The number of benzene rings is 1. The van der Waals surface area contributed by atoms with Crippen LogP contribution in [0, 0.1) is 12.3 Å². The lowest BCUT2D eigenvalue weighted by Crippen LogP contribution is -2.31. The summed E-state index contributed by atoms with van der Waals surface area (Å²) in [5.74, 6) is 1.93. The third-order valence-corrected chi connectivity index (χ3v) is 7.30. The van der Waals surface area contributed by atoms with E-state index in [1.807, 2.05) is 37.0 Å². The van der Waals surface area contributed by atoms with Crippen LogP contribution in [-0.2, 0) is 24.1 Å². The van der Waals surface area contributed by atoms with Crippen molar-refractivity contribution in [2.75, 3.05) is 5.32 Å². The maximum absolute atomic E-state index is 13.5. The molecule has 1 fully saturated rings. The number of nitrogens with one attached hydrogen (secondary N) is 1. The number of amides is 1. The van der Waals surface area contributed by atoms with E-state index in [2.05, 4.69) is 15.5 Å². The van der Waals surface area contributed by atoms with Crippen molar-refractivity contribution >= 4 is 17.5 Å². The Bertz CT molecular complexity index is 1320. The lowest BCUT2D eigenvalue weighted by Gasteiger charge is -2.22. The Balaban J connectivity index is 1.56. The molecule has 1 aromatic carbocycles. The normalized spacial score (nSPS) is 17.7. The predicted molar refractivity (Wildman–Crippen MR) is 125 cm³/mol. The highest BCUT2D eigenvalue weighted by atomic mass is 19.4. The van der Waals surface area contributed by atoms with Crippen LogP contribution in [0.2, 0.25) is 0 Å². The Morgan fingerprint density at radius 1 is 1.14 bits per heavy atom. The van der Waals surface area contributed by atoms with E-state index < -0.39 is 17.8 Å². The van der Waals surface area contributed by atoms with Crippen LogP contribution in [0.4, 0.5) is 19.0 Å². The summed E-state index contributed by atoms with van der Waals surface area (Å²) in [5.41, 5.74) is 1.52. The van der Waals surface area contributed by atoms with Crippen molar-refractivity contribution in [3.8, 4) is 0 Å². The van der Waals surface area contributed by atoms with Crippen molar-refractivity contribution in [2.24, 2.45) is 5.41 Å². The van der Waals surface area contributed by atoms with Gasteiger partial charge in [-0.3, -0.25) is 9.20 Å². The number of hydrogen-bond donors (Lipinski definition) is 1. The van der Waals surface area contributed by atoms with Crippen molar-refractivity contribution in [1.29, 1.82) is 0 Å². The molecule has 0 bridgehead atoms. The summed E-state index contributed by atoms with van der Waals surface area (Å²) in [6.45, 7) is 10.1. The largest absolute Gasteiger partial charge is 0.416 e. The highest BCUT2D eigenvalue weighted by Crippen LogP contribution is 2.48. The van der Waals surface area contributed by atoms with E-state index in [0.29, 0.717) is 30.2 Å². The number of carbonyl (C=O) groups excluding carboxylic acids is 1. The molecule has 1 N–H and O–H groups in total. The predicted octanol–water partition coefficient (Wildman–Crippen LogP) is 5.39. The van der Waals surface area contributed by atoms with E-state index in [9.17, 15) is 18.0 Å². The molecule has 0 radical (unpaired) electrons. The maximum atomic E-state index is 13.5. The zero-order valence-corrected chi connectivity index (χ0v) is 20.5. The summed E-state index contributed by atoms with van der Waals surface area (Å²) in [6.07, 6.45) is -2.66. The zero-order chi connectivity index (χ0) is 25.3. The summed E-state index contributed by atoms with van der Waals surface area (Å²) in [6, 6.07) is 3.77. The second-order valence-electron chi connectivity index (χ2n) is 10.3. The molecule has 0 spiro atoms. The summed E-state index contributed by atoms with van der Waals surface area (Å²) >= 11 is 0. The standard InChI is InChI=1S/C25H29F3N6O/c1-13(2)21-31-32-23-30-20(29-15(4)16-7-6-8-18(14(16)3)25(26,27)28)17-11-33(12-19(17)34(21)23)22(35)24(5)9-10-24/h6-8,13,15H,9-12H2,1-5H3,(H,29,30,32). The number of hydrogen-bond acceptors (Lipinski definition) is 5. The lowest BCUT2D eigenvalue weighted by atomic mass is 9.97. The van der Waals surface area contributed by atoms with E-state index in [0.717, 1.165) is 36.0 Å². The van der Waals surface area contributed by atoms with Gasteiger partial charge >= 0.3 is 6.18 Å². The molecule has 3 heterocycles. The summed E-state index contributed by atoms with van der Waals surface area (Å²) in [7, 11) is 0. The molecule has 186 valence electrons. The Kier molecular flexibility index (Phi) is 5.34. The van der Waals surface area contributed by atoms with E-state index >= 15 is 0 Å². The van der Waals surface area contributed by atoms with Gasteiger partial charge in [-0.05, 0) is 43.9 Å². The SMILES string of the molecule is Cc1c(C(C)Nc2nc3nnc(C(C)C)n3c3c2CN(C(=O)C2(C)CC2)C3)cccc1C(F)(F)F. The first-order valence-corrected chi connectivity index (χ1v) is 11.9. The van der Waals surface area contributed by atoms with Gasteiger partial charge in [0.05, 0.1) is 30.4 Å². The van der Waals surface area contributed by atoms with Crippen LogP contribution < -0.4 is 5.32 Å². The second kappa shape index (κ2) is 7.93. The minimum atomic E-state index is -4.42. The molecule has 35 heavy (non-hydrogen) atoms. The van der Waals surface area contributed by atoms with Crippen molar-refractivity contribution in [3.05, 3.63) is 52.0 Å². The van der Waals surface area contributed by atoms with Gasteiger partial charge in [0.1, 0.15) is 11.6 Å². The van der Waals surface area contributed by atoms with E-state index in [1.54, 1.807) is 6.07 Å². The molecule has 2 aromatic heterocycles. The van der Waals surface area contributed by atoms with Gasteiger partial charge in [-0.25, -0.2) is 0 Å². The van der Waals surface area contributed by atoms with Crippen LogP contribution >= 0.6 is 0 Å². The van der Waals surface area contributed by atoms with Crippen LogP contribution in [0.25, 0.3) is 5.78 Å². The Morgan fingerprint density at radius 2 is 1.86 bits per heavy atom. The van der Waals surface area contributed by atoms with Gasteiger partial charge in [0.15, 0.2) is 0 Å². The smallest absolute Gasteiger partial charge is 0.363 e. The quantitative estimate of drug-likeness (QED) is 0.523. The maximum Gasteiger partial charge on any atom is 0.416 e. The molecule has 1 unspecified atom stereocenters. The number of nitrogens with zero attached hydrogens (tertiary/aromatic N) is 5. The van der Waals surface area contributed by atoms with Crippen molar-refractivity contribution in [2.45, 2.75) is 78.7 Å². The molecule has 1 saturated carbocycles. The van der Waals surface area contributed by atoms with Crippen molar-refractivity contribution in [1.82, 2.24) is 24.5 Å². The highest BCUT2D eigenvalue weighted by molar-refractivity contribution is 5.85. The minimum Gasteiger partial charge on any atom is -0.363 e. The summed E-state index contributed by atoms with van der Waals surface area (Å²) in [5, 5.41) is 11.9. The fourth-order valence-corrected chi connectivity index (χ4v) is 4.95. The first-order chi connectivity index (χ1) is 16.4. The van der Waals surface area contributed by atoms with Crippen molar-refractivity contribution in [3.63, 3.8) is 0 Å². The fourth-order valence-electron chi connectivity index (χ4n) is 4.95. The number of aromatic nitrogens is 4. The van der Waals surface area contributed by atoms with E-state index in [-0.39, 0.29) is 22.8 Å². The number of alkyl halides is 3. The van der Waals surface area contributed by atoms with Gasteiger partial charge in [-0.1, -0.05) is 32.9 Å². The average molecular weight is 487 g/mol. The molecular formula is C25H29F3N6O. The molecule has 5 rings (SSSR count). The van der Waals surface area contributed by atoms with Gasteiger partial charge in [0.2, 0.25) is 5.91 Å². The highest BCUT2D eigenvalue weighted by Gasteiger charge is 2.48. The van der Waals surface area contributed by atoms with Gasteiger partial charge < -0.3 is 10.2 Å². The molecule has 1 atom stereocenters. The van der Waals surface area contributed by atoms with E-state index in [1.165, 1.54) is 13.0 Å². The lowest BCUT2D eigenvalue weighted by molar-refractivity contribution is -0.138. The number of halogens is 3. The molecule has 3 aromatic rings. The molecule has 7 nitrogen and oxygen atoms in total. The van der Waals surface area contributed by atoms with Crippen LogP contribution in [0.1, 0.15) is 86.3 Å². The van der Waals surface area contributed by atoms with E-state index in [4.69, 9.17) is 4.98 Å². The van der Waals surface area contributed by atoms with Crippen LogP contribution in [0.15, 0.2) is 18.2 Å². The monoisotopic (exact) mass is 486 g/mol. The fraction of sp³-hybridized carbons (Fsp3) is 0.520. The summed E-state index contributed by atoms with van der Waals surface area (Å²) in [4.78, 5) is 19.7. The van der Waals surface area contributed by atoms with Crippen molar-refractivity contribution < 1.29 is 18.0 Å². The Labute approximate surface area is 201 Å². The molecule has 1 aliphatic heterocycles. The van der Waals surface area contributed by atoms with Gasteiger partial charge in [0, 0.05) is 16.9 Å². The first kappa shape index (κ1) is 23.6. The minimum absolute atomic E-state index is 0.104. The molecule has 10 heteroatoms. The number of rotatable bonds is 5. The number of anilines is 1. The molecule has 2 aliphatic rings. The number of fused-ring (bicyclic) bond motifs is 3. The van der Waals surface area contributed by atoms with Gasteiger partial charge in [-0.15, -0.1) is 10.2 Å². The van der Waals surface area contributed by atoms with Gasteiger partial charge in [-0.2, -0.15) is 18.2 Å². The molecule has 0 saturated heterocycles. The Hall–Kier alpha value is -3.17. The number of carbonyl (C=O) groups is 1. The second-order valence-corrected chi connectivity index (χ2v) is 10.3. The molecule has 1 aliphatic carbocycles. The first-order valence-electron chi connectivity index (χ1n) is 11.9. The summed E-state index contributed by atoms with van der Waals surface area (Å²) < 4.78 is 42.3. The van der Waals surface area contributed by atoms with Crippen LogP contribution in [-0.4, -0.2) is 30.4 Å². The average Bonchev–Trinajstić information content (AvgIpc) is 3.19. The van der Waals surface area contributed by atoms with Crippen LogP contribution in [0.5, 0.6) is 0 Å². The van der Waals surface area contributed by atoms with Gasteiger partial charge in [0.25, 0.3) is 5.78 Å². The molecule has 1 amide bonds. The molecular weight excluding hydrogens is 457 g/mol.